The molecule has 0 unspecified atom stereocenters. The molecule has 240 valence electrons. The molecule has 5 aromatic carbocycles. The molecule has 0 amide bonds. The molecule has 0 atom stereocenters. The van der Waals surface area contributed by atoms with E-state index in [1.54, 1.807) is 0 Å². The fourth-order valence-corrected chi connectivity index (χ4v) is 7.98. The zero-order chi connectivity index (χ0) is 32.7. The Morgan fingerprint density at radius 1 is 0.596 bits per heavy atom. The Morgan fingerprint density at radius 2 is 1.13 bits per heavy atom. The first-order valence-electron chi connectivity index (χ1n) is 17.0. The Kier molecular flexibility index (Phi) is 8.52. The van der Waals surface area contributed by atoms with E-state index in [-0.39, 0.29) is 0 Å². The molecule has 1 heterocycles. The normalized spacial score (nSPS) is 14.9. The van der Waals surface area contributed by atoms with E-state index < -0.39 is 23.3 Å². The number of unbranched alkanes of at least 4 members (excludes halogenated alkanes) is 2. The van der Waals surface area contributed by atoms with Crippen LogP contribution in [-0.4, -0.2) is 17.6 Å². The summed E-state index contributed by atoms with van der Waals surface area (Å²) >= 11 is 0. The van der Waals surface area contributed by atoms with E-state index in [9.17, 15) is 17.6 Å². The van der Waals surface area contributed by atoms with Crippen LogP contribution in [0.2, 0.25) is 0 Å². The summed E-state index contributed by atoms with van der Waals surface area (Å²) in [5, 5.41) is 4.23. The number of hydrogen-bond donors (Lipinski definition) is 0. The summed E-state index contributed by atoms with van der Waals surface area (Å²) in [4.78, 5) is 0. The first-order valence-corrected chi connectivity index (χ1v) is 17.0. The van der Waals surface area contributed by atoms with Gasteiger partial charge in [0.15, 0.2) is 0 Å². The van der Waals surface area contributed by atoms with E-state index in [1.165, 1.54) is 24.3 Å². The number of quaternary nitrogens is 1. The van der Waals surface area contributed by atoms with Crippen molar-refractivity contribution < 1.29 is 22.0 Å². The summed E-state index contributed by atoms with van der Waals surface area (Å²) in [6.45, 7) is 7.60. The van der Waals surface area contributed by atoms with Crippen molar-refractivity contribution in [3.05, 3.63) is 118 Å². The predicted molar refractivity (Wildman–Crippen MR) is 185 cm³/mol. The molecule has 5 heteroatoms. The average Bonchev–Trinajstić information content (AvgIpc) is 3.20. The van der Waals surface area contributed by atoms with Gasteiger partial charge in [0.25, 0.3) is 0 Å². The van der Waals surface area contributed by atoms with Crippen LogP contribution in [0, 0.1) is 23.3 Å². The Bertz CT molecular complexity index is 2080. The minimum atomic E-state index is -0.607. The van der Waals surface area contributed by atoms with Crippen molar-refractivity contribution in [1.29, 1.82) is 0 Å². The number of rotatable bonds is 8. The van der Waals surface area contributed by atoms with Crippen molar-refractivity contribution in [2.75, 3.05) is 13.1 Å². The van der Waals surface area contributed by atoms with Gasteiger partial charge in [-0.1, -0.05) is 63.1 Å². The number of hydrogen-bond acceptors (Lipinski definition) is 0. The number of benzene rings is 5. The van der Waals surface area contributed by atoms with Gasteiger partial charge in [-0.2, -0.15) is 0 Å². The van der Waals surface area contributed by atoms with Gasteiger partial charge in [-0.25, -0.2) is 17.6 Å². The summed E-state index contributed by atoms with van der Waals surface area (Å²) in [7, 11) is 0. The van der Waals surface area contributed by atoms with Crippen molar-refractivity contribution in [3.8, 4) is 33.4 Å². The van der Waals surface area contributed by atoms with Crippen molar-refractivity contribution >= 4 is 22.9 Å². The van der Waals surface area contributed by atoms with Crippen LogP contribution in [0.4, 0.5) is 17.6 Å². The lowest BCUT2D eigenvalue weighted by Gasteiger charge is -2.39. The summed E-state index contributed by atoms with van der Waals surface area (Å²) in [6, 6.07) is 20.1. The molecule has 0 spiro atoms. The van der Waals surface area contributed by atoms with Crippen LogP contribution in [-0.2, 0) is 13.1 Å². The average molecular weight is 635 g/mol. The molecule has 47 heavy (non-hydrogen) atoms. The number of halogens is 4. The molecule has 0 radical (unpaired) electrons. The van der Waals surface area contributed by atoms with E-state index in [4.69, 9.17) is 0 Å². The van der Waals surface area contributed by atoms with Crippen LogP contribution in [0.3, 0.4) is 0 Å². The van der Waals surface area contributed by atoms with Crippen LogP contribution in [0.15, 0.2) is 72.8 Å². The molecule has 0 fully saturated rings. The first kappa shape index (κ1) is 31.4. The molecular formula is C42H40F4N+. The maximum absolute atomic E-state index is 14.9. The van der Waals surface area contributed by atoms with Gasteiger partial charge in [0, 0.05) is 28.8 Å². The van der Waals surface area contributed by atoms with E-state index in [2.05, 4.69) is 50.3 Å². The quantitative estimate of drug-likeness (QED) is 0.118. The summed E-state index contributed by atoms with van der Waals surface area (Å²) in [5.74, 6) is -2.42. The first-order chi connectivity index (χ1) is 22.8. The highest BCUT2D eigenvalue weighted by molar-refractivity contribution is 6.04. The third kappa shape index (κ3) is 5.91. The summed E-state index contributed by atoms with van der Waals surface area (Å²) in [6.07, 6.45) is 10.4. The lowest BCUT2D eigenvalue weighted by atomic mass is 9.82. The molecule has 0 saturated heterocycles. The third-order valence-electron chi connectivity index (χ3n) is 10.1. The minimum absolute atomic E-state index is 0.518. The second-order valence-electron chi connectivity index (χ2n) is 13.4. The summed E-state index contributed by atoms with van der Waals surface area (Å²) < 4.78 is 60.3. The van der Waals surface area contributed by atoms with Gasteiger partial charge in [-0.05, 0) is 111 Å². The predicted octanol–water partition coefficient (Wildman–Crippen LogP) is 10.2. The molecule has 1 aliphatic heterocycles. The molecule has 0 N–H and O–H groups in total. The van der Waals surface area contributed by atoms with Gasteiger partial charge >= 0.3 is 0 Å². The second-order valence-corrected chi connectivity index (χ2v) is 13.4. The topological polar surface area (TPSA) is 0 Å². The van der Waals surface area contributed by atoms with E-state index in [0.29, 0.717) is 24.2 Å². The van der Waals surface area contributed by atoms with Crippen LogP contribution in [0.1, 0.15) is 63.5 Å². The van der Waals surface area contributed by atoms with E-state index in [1.807, 2.05) is 12.1 Å². The molecule has 0 saturated carbocycles. The van der Waals surface area contributed by atoms with Gasteiger partial charge in [-0.3, -0.25) is 0 Å². The standard InChI is InChI=1S/C42H40F4N/c1-3-5-15-47(16-6-4-2)25-39-37(29-17-31(43)23-32(44)18-29)21-27-11-7-9-13-35(27)41(39)42-36-14-10-8-12-28(36)22-38(40(42)26-47)30-19-33(45)24-34(46)20-30/h7,9,11-14,17-24H,3-6,8,10,15-16,25-26H2,1-2H3/q+1. The van der Waals surface area contributed by atoms with Crippen LogP contribution < -0.4 is 10.4 Å². The van der Waals surface area contributed by atoms with Gasteiger partial charge in [0.2, 0.25) is 0 Å². The molecule has 0 aromatic heterocycles. The van der Waals surface area contributed by atoms with E-state index in [0.717, 1.165) is 123 Å². The Hall–Kier alpha value is -4.22. The van der Waals surface area contributed by atoms with Crippen LogP contribution in [0.25, 0.3) is 56.3 Å². The maximum atomic E-state index is 14.9. The van der Waals surface area contributed by atoms with E-state index >= 15 is 0 Å². The third-order valence-corrected chi connectivity index (χ3v) is 10.1. The van der Waals surface area contributed by atoms with Crippen molar-refractivity contribution in [3.63, 3.8) is 0 Å². The van der Waals surface area contributed by atoms with Gasteiger partial charge in [0.1, 0.15) is 36.4 Å². The molecular weight excluding hydrogens is 594 g/mol. The lowest BCUT2D eigenvalue weighted by molar-refractivity contribution is -0.953. The highest BCUT2D eigenvalue weighted by Gasteiger charge is 2.37. The monoisotopic (exact) mass is 634 g/mol. The zero-order valence-corrected chi connectivity index (χ0v) is 27.1. The summed E-state index contributed by atoms with van der Waals surface area (Å²) in [5.41, 5.74) is 7.02. The van der Waals surface area contributed by atoms with Crippen LogP contribution in [0.5, 0.6) is 0 Å². The number of nitrogens with zero attached hydrogens (tertiary/aromatic N) is 1. The Labute approximate surface area is 274 Å². The smallest absolute Gasteiger partial charge is 0.126 e. The molecule has 5 aromatic rings. The van der Waals surface area contributed by atoms with Gasteiger partial charge in [0.05, 0.1) is 13.1 Å². The van der Waals surface area contributed by atoms with Gasteiger partial charge < -0.3 is 4.48 Å². The molecule has 1 nitrogen and oxygen atoms in total. The number of fused-ring (bicyclic) bond motifs is 7. The largest absolute Gasteiger partial charge is 0.316 e. The fourth-order valence-electron chi connectivity index (χ4n) is 7.98. The van der Waals surface area contributed by atoms with Crippen molar-refractivity contribution in [1.82, 2.24) is 0 Å². The second kappa shape index (κ2) is 12.8. The van der Waals surface area contributed by atoms with Crippen molar-refractivity contribution in [2.24, 2.45) is 0 Å². The lowest BCUT2D eigenvalue weighted by Crippen LogP contribution is -2.48. The fraction of sp³-hybridized carbons (Fsp3) is 0.286. The van der Waals surface area contributed by atoms with Crippen molar-refractivity contribution in [2.45, 2.75) is 65.5 Å². The van der Waals surface area contributed by atoms with Gasteiger partial charge in [-0.15, -0.1) is 0 Å². The minimum Gasteiger partial charge on any atom is -0.316 e. The van der Waals surface area contributed by atoms with Crippen LogP contribution >= 0.6 is 0 Å². The zero-order valence-electron chi connectivity index (χ0n) is 27.1. The molecule has 0 bridgehead atoms. The Balaban J connectivity index is 1.69. The molecule has 2 aliphatic rings. The molecule has 7 rings (SSSR count). The maximum Gasteiger partial charge on any atom is 0.126 e. The molecule has 1 aliphatic carbocycles. The highest BCUT2D eigenvalue weighted by Crippen LogP contribution is 2.46. The highest BCUT2D eigenvalue weighted by atomic mass is 19.1. The Morgan fingerprint density at radius 3 is 1.72 bits per heavy atom. The SMILES string of the molecule is CCCC[N+]1(CCCC)Cc2c(-c3cc(F)cc(F)c3)cc3c(c2-c2c(c(-c4cc(F)cc(F)c4)cc4ccccc24)C1)=CCCC=3.